The van der Waals surface area contributed by atoms with Crippen molar-refractivity contribution >= 4 is 29.0 Å². The molecule has 2 amide bonds. The van der Waals surface area contributed by atoms with E-state index in [-0.39, 0.29) is 6.42 Å². The number of carbonyl (C=O) groups is 2. The topological polar surface area (TPSA) is 160 Å². The summed E-state index contributed by atoms with van der Waals surface area (Å²) < 4.78 is 7.16. The van der Waals surface area contributed by atoms with E-state index < -0.39 is 17.4 Å². The first-order valence-electron chi connectivity index (χ1n) is 12.6. The van der Waals surface area contributed by atoms with Crippen LogP contribution in [0.2, 0.25) is 0 Å². The Morgan fingerprint density at radius 3 is 2.71 bits per heavy atom. The van der Waals surface area contributed by atoms with Crippen molar-refractivity contribution in [2.45, 2.75) is 65.2 Å². The number of carboxylic acid groups (broad SMARTS) is 1. The molecule has 0 atom stereocenters. The van der Waals surface area contributed by atoms with Gasteiger partial charge in [0.25, 0.3) is 0 Å². The molecule has 0 spiro atoms. The SMILES string of the molecule is Cc1cc(NC(=O)Nc2cnc3ccnn3c2C2CCCC2)cnc1-c1noc(CC(C)(C)CC(=O)O)n1. The fourth-order valence-corrected chi connectivity index (χ4v) is 5.05. The Bertz CT molecular complexity index is 1490. The van der Waals surface area contributed by atoms with Crippen LogP contribution < -0.4 is 10.6 Å². The molecule has 0 unspecified atom stereocenters. The van der Waals surface area contributed by atoms with Gasteiger partial charge in [-0.15, -0.1) is 0 Å². The molecule has 1 aliphatic rings. The van der Waals surface area contributed by atoms with Gasteiger partial charge < -0.3 is 20.3 Å². The number of hydrogen-bond donors (Lipinski definition) is 3. The van der Waals surface area contributed by atoms with Gasteiger partial charge in [-0.3, -0.25) is 9.78 Å². The summed E-state index contributed by atoms with van der Waals surface area (Å²) in [5, 5.41) is 23.3. The van der Waals surface area contributed by atoms with Crippen LogP contribution in [-0.4, -0.2) is 46.8 Å². The third-order valence-corrected chi connectivity index (χ3v) is 6.72. The number of aromatic nitrogens is 6. The molecule has 0 radical (unpaired) electrons. The van der Waals surface area contributed by atoms with Crippen molar-refractivity contribution in [3.05, 3.63) is 47.9 Å². The number of anilines is 2. The molecule has 198 valence electrons. The summed E-state index contributed by atoms with van der Waals surface area (Å²) in [7, 11) is 0. The van der Waals surface area contributed by atoms with Gasteiger partial charge in [-0.25, -0.2) is 14.3 Å². The molecule has 12 heteroatoms. The number of carbonyl (C=O) groups excluding carboxylic acids is 1. The van der Waals surface area contributed by atoms with Crippen LogP contribution in [0.3, 0.4) is 0 Å². The van der Waals surface area contributed by atoms with E-state index in [0.29, 0.717) is 41.1 Å². The number of aryl methyl sites for hydroxylation is 1. The number of pyridine rings is 1. The van der Waals surface area contributed by atoms with Gasteiger partial charge in [0.1, 0.15) is 5.69 Å². The van der Waals surface area contributed by atoms with Crippen molar-refractivity contribution in [2.75, 3.05) is 10.6 Å². The second-order valence-corrected chi connectivity index (χ2v) is 10.5. The van der Waals surface area contributed by atoms with Crippen molar-refractivity contribution < 1.29 is 19.2 Å². The Morgan fingerprint density at radius 1 is 1.18 bits per heavy atom. The fraction of sp³-hybridized carbons (Fsp3) is 0.423. The van der Waals surface area contributed by atoms with E-state index >= 15 is 0 Å². The summed E-state index contributed by atoms with van der Waals surface area (Å²) in [6.45, 7) is 5.50. The lowest BCUT2D eigenvalue weighted by Crippen LogP contribution is -2.22. The van der Waals surface area contributed by atoms with Crippen LogP contribution in [0.15, 0.2) is 35.2 Å². The molecule has 1 fully saturated rings. The summed E-state index contributed by atoms with van der Waals surface area (Å²) in [4.78, 5) is 37.3. The van der Waals surface area contributed by atoms with Crippen molar-refractivity contribution in [1.82, 2.24) is 29.7 Å². The molecular weight excluding hydrogens is 488 g/mol. The highest BCUT2D eigenvalue weighted by molar-refractivity contribution is 6.00. The predicted octanol–water partition coefficient (Wildman–Crippen LogP) is 4.83. The van der Waals surface area contributed by atoms with Gasteiger partial charge in [0.15, 0.2) is 5.65 Å². The van der Waals surface area contributed by atoms with Crippen LogP contribution in [-0.2, 0) is 11.2 Å². The Morgan fingerprint density at radius 2 is 1.97 bits per heavy atom. The monoisotopic (exact) mass is 518 g/mol. The molecule has 4 aromatic heterocycles. The lowest BCUT2D eigenvalue weighted by Gasteiger charge is -2.19. The van der Waals surface area contributed by atoms with Gasteiger partial charge in [-0.2, -0.15) is 10.1 Å². The van der Waals surface area contributed by atoms with E-state index in [1.165, 1.54) is 6.20 Å². The number of hydrogen-bond acceptors (Lipinski definition) is 8. The first-order valence-corrected chi connectivity index (χ1v) is 12.6. The Balaban J connectivity index is 1.29. The third-order valence-electron chi connectivity index (χ3n) is 6.72. The zero-order valence-corrected chi connectivity index (χ0v) is 21.6. The molecular formula is C26H30N8O4. The van der Waals surface area contributed by atoms with Crippen LogP contribution in [0.25, 0.3) is 17.2 Å². The number of urea groups is 1. The second kappa shape index (κ2) is 10.2. The van der Waals surface area contributed by atoms with Crippen LogP contribution in [0, 0.1) is 12.3 Å². The maximum Gasteiger partial charge on any atom is 0.323 e. The summed E-state index contributed by atoms with van der Waals surface area (Å²) in [6.07, 6.45) is 9.64. The van der Waals surface area contributed by atoms with Crippen molar-refractivity contribution in [2.24, 2.45) is 5.41 Å². The quantitative estimate of drug-likeness (QED) is 0.297. The van der Waals surface area contributed by atoms with E-state index in [2.05, 4.69) is 35.8 Å². The van der Waals surface area contributed by atoms with Gasteiger partial charge in [-0.05, 0) is 36.8 Å². The van der Waals surface area contributed by atoms with Crippen LogP contribution in [0.5, 0.6) is 0 Å². The molecule has 3 N–H and O–H groups in total. The molecule has 12 nitrogen and oxygen atoms in total. The summed E-state index contributed by atoms with van der Waals surface area (Å²) in [5.74, 6) is 0.0788. The molecule has 1 saturated carbocycles. The molecule has 0 aliphatic heterocycles. The predicted molar refractivity (Wildman–Crippen MR) is 139 cm³/mol. The number of rotatable bonds is 8. The maximum absolute atomic E-state index is 12.9. The van der Waals surface area contributed by atoms with Gasteiger partial charge in [-0.1, -0.05) is 31.8 Å². The van der Waals surface area contributed by atoms with Crippen molar-refractivity contribution in [3.63, 3.8) is 0 Å². The van der Waals surface area contributed by atoms with E-state index in [4.69, 9.17) is 9.63 Å². The molecule has 0 aromatic carbocycles. The van der Waals surface area contributed by atoms with E-state index in [0.717, 1.165) is 42.6 Å². The summed E-state index contributed by atoms with van der Waals surface area (Å²) >= 11 is 0. The number of aliphatic carboxylic acids is 1. The third kappa shape index (κ3) is 5.48. The first kappa shape index (κ1) is 25.3. The smallest absolute Gasteiger partial charge is 0.323 e. The minimum absolute atomic E-state index is 0.0154. The van der Waals surface area contributed by atoms with Gasteiger partial charge in [0, 0.05) is 18.4 Å². The average Bonchev–Trinajstić information content (AvgIpc) is 3.60. The second-order valence-electron chi connectivity index (χ2n) is 10.5. The summed E-state index contributed by atoms with van der Waals surface area (Å²) in [6, 6.07) is 3.22. The fourth-order valence-electron chi connectivity index (χ4n) is 5.05. The number of nitrogens with zero attached hydrogens (tertiary/aromatic N) is 6. The van der Waals surface area contributed by atoms with E-state index in [1.807, 2.05) is 31.4 Å². The molecule has 0 bridgehead atoms. The number of fused-ring (bicyclic) bond motifs is 1. The van der Waals surface area contributed by atoms with Gasteiger partial charge in [0.2, 0.25) is 11.7 Å². The summed E-state index contributed by atoms with van der Waals surface area (Å²) in [5.41, 5.74) is 3.58. The molecule has 38 heavy (non-hydrogen) atoms. The van der Waals surface area contributed by atoms with Crippen LogP contribution in [0.4, 0.5) is 16.2 Å². The average molecular weight is 519 g/mol. The number of nitrogens with one attached hydrogen (secondary N) is 2. The van der Waals surface area contributed by atoms with Crippen LogP contribution in [0.1, 0.15) is 69.0 Å². The lowest BCUT2D eigenvalue weighted by atomic mass is 9.86. The highest BCUT2D eigenvalue weighted by Gasteiger charge is 2.27. The molecule has 4 heterocycles. The Hall–Kier alpha value is -4.35. The molecule has 1 aliphatic carbocycles. The number of amides is 2. The number of carboxylic acids is 1. The highest BCUT2D eigenvalue weighted by atomic mass is 16.5. The zero-order valence-electron chi connectivity index (χ0n) is 21.6. The van der Waals surface area contributed by atoms with Crippen molar-refractivity contribution in [1.29, 1.82) is 0 Å². The Labute approximate surface area is 218 Å². The lowest BCUT2D eigenvalue weighted by molar-refractivity contribution is -0.139. The molecule has 0 saturated heterocycles. The van der Waals surface area contributed by atoms with E-state index in [1.54, 1.807) is 18.5 Å². The largest absolute Gasteiger partial charge is 0.481 e. The van der Waals surface area contributed by atoms with Crippen LogP contribution >= 0.6 is 0 Å². The minimum Gasteiger partial charge on any atom is -0.481 e. The van der Waals surface area contributed by atoms with Gasteiger partial charge in [0.05, 0.1) is 42.1 Å². The molecule has 4 aromatic rings. The maximum atomic E-state index is 12.9. The van der Waals surface area contributed by atoms with Crippen molar-refractivity contribution in [3.8, 4) is 11.5 Å². The minimum atomic E-state index is -0.882. The Kier molecular flexibility index (Phi) is 6.79. The standard InChI is InChI=1S/C26H30N8O4/c1-15-10-17(13-28-22(15)24-32-20(38-33-24)11-26(2,3)12-21(35)36)30-25(37)31-18-14-27-19-8-9-29-34(19)23(18)16-6-4-5-7-16/h8-10,13-14,16H,4-7,11-12H2,1-3H3,(H,35,36)(H2,30,31,37). The zero-order chi connectivity index (χ0) is 26.9. The normalized spacial score (nSPS) is 14.2. The molecule has 5 rings (SSSR count). The van der Waals surface area contributed by atoms with Gasteiger partial charge >= 0.3 is 12.0 Å². The van der Waals surface area contributed by atoms with E-state index in [9.17, 15) is 9.59 Å². The highest BCUT2D eigenvalue weighted by Crippen LogP contribution is 2.37. The first-order chi connectivity index (χ1) is 18.2.